The molecule has 0 bridgehead atoms. The highest BCUT2D eigenvalue weighted by molar-refractivity contribution is 6.31. The molecule has 0 radical (unpaired) electrons. The van der Waals surface area contributed by atoms with E-state index in [1.807, 2.05) is 19.9 Å². The second-order valence-electron chi connectivity index (χ2n) is 7.33. The molecule has 1 atom stereocenters. The largest absolute Gasteiger partial charge is 0.416 e. The Morgan fingerprint density at radius 1 is 1.22 bits per heavy atom. The summed E-state index contributed by atoms with van der Waals surface area (Å²) >= 11 is 5.78. The first-order valence-corrected chi connectivity index (χ1v) is 9.89. The Hall–Kier alpha value is -3.45. The van der Waals surface area contributed by atoms with Gasteiger partial charge in [0.1, 0.15) is 6.07 Å². The van der Waals surface area contributed by atoms with Crippen molar-refractivity contribution in [2.75, 3.05) is 0 Å². The number of carbonyl (C=O) groups is 1. The molecule has 2 aromatic heterocycles. The summed E-state index contributed by atoms with van der Waals surface area (Å²) in [6.07, 6.45) is -3.26. The number of nitriles is 1. The zero-order chi connectivity index (χ0) is 23.6. The highest BCUT2D eigenvalue weighted by atomic mass is 35.5. The molecule has 0 aliphatic carbocycles. The predicted octanol–water partition coefficient (Wildman–Crippen LogP) is 4.82. The molecule has 0 aliphatic rings. The monoisotopic (exact) mass is 462 g/mol. The third-order valence-corrected chi connectivity index (χ3v) is 4.70. The molecule has 1 aromatic carbocycles. The number of rotatable bonds is 5. The Balaban J connectivity index is 1.94. The van der Waals surface area contributed by atoms with Gasteiger partial charge in [-0.05, 0) is 37.3 Å². The number of benzene rings is 1. The summed E-state index contributed by atoms with van der Waals surface area (Å²) in [6, 6.07) is 7.05. The van der Waals surface area contributed by atoms with Crippen LogP contribution in [0.5, 0.6) is 0 Å². The minimum absolute atomic E-state index is 0.0291. The minimum Gasteiger partial charge on any atom is -0.342 e. The molecular weight excluding hydrogens is 445 g/mol. The first kappa shape index (κ1) is 23.2. The molecule has 0 spiro atoms. The van der Waals surface area contributed by atoms with Crippen LogP contribution in [0.2, 0.25) is 5.02 Å². The fraction of sp³-hybridized carbons (Fsp3) is 0.286. The molecule has 11 heteroatoms. The topological polar surface area (TPSA) is 96.5 Å². The highest BCUT2D eigenvalue weighted by Crippen LogP contribution is 2.32. The van der Waals surface area contributed by atoms with Gasteiger partial charge in [-0.2, -0.15) is 23.1 Å². The summed E-state index contributed by atoms with van der Waals surface area (Å²) in [5.74, 6) is 0.422. The number of hydrogen-bond acceptors (Lipinski definition) is 5. The van der Waals surface area contributed by atoms with E-state index in [-0.39, 0.29) is 16.5 Å². The van der Waals surface area contributed by atoms with Crippen molar-refractivity contribution in [3.05, 3.63) is 69.9 Å². The molecule has 1 amide bonds. The highest BCUT2D eigenvalue weighted by Gasteiger charge is 2.32. The second-order valence-corrected chi connectivity index (χ2v) is 7.77. The van der Waals surface area contributed by atoms with Crippen LogP contribution in [0.25, 0.3) is 5.82 Å². The van der Waals surface area contributed by atoms with Crippen LogP contribution in [0.3, 0.4) is 0 Å². The van der Waals surface area contributed by atoms with E-state index < -0.39 is 23.7 Å². The molecule has 0 saturated carbocycles. The maximum Gasteiger partial charge on any atom is 0.416 e. The van der Waals surface area contributed by atoms with E-state index >= 15 is 0 Å². The van der Waals surface area contributed by atoms with Gasteiger partial charge in [-0.25, -0.2) is 9.97 Å². The Labute approximate surface area is 186 Å². The summed E-state index contributed by atoms with van der Waals surface area (Å²) < 4.78 is 40.6. The van der Waals surface area contributed by atoms with Crippen molar-refractivity contribution < 1.29 is 18.0 Å². The lowest BCUT2D eigenvalue weighted by molar-refractivity contribution is -0.137. The number of nitrogens with one attached hydrogen (secondary N) is 1. The number of alkyl halides is 3. The smallest absolute Gasteiger partial charge is 0.342 e. The van der Waals surface area contributed by atoms with Gasteiger partial charge in [-0.15, -0.1) is 5.10 Å². The number of aromatic nitrogens is 4. The van der Waals surface area contributed by atoms with E-state index in [1.54, 1.807) is 19.1 Å². The zero-order valence-electron chi connectivity index (χ0n) is 17.3. The van der Waals surface area contributed by atoms with Crippen LogP contribution in [0.4, 0.5) is 13.2 Å². The van der Waals surface area contributed by atoms with Crippen LogP contribution in [-0.2, 0) is 6.18 Å². The van der Waals surface area contributed by atoms with Crippen LogP contribution in [0, 0.1) is 11.3 Å². The fourth-order valence-corrected chi connectivity index (χ4v) is 3.08. The molecule has 3 aromatic rings. The fourth-order valence-electron chi connectivity index (χ4n) is 2.84. The van der Waals surface area contributed by atoms with E-state index in [0.29, 0.717) is 23.0 Å². The normalized spacial score (nSPS) is 12.5. The Morgan fingerprint density at radius 2 is 1.94 bits per heavy atom. The third kappa shape index (κ3) is 5.06. The predicted molar refractivity (Wildman–Crippen MR) is 110 cm³/mol. The number of halogens is 4. The quantitative estimate of drug-likeness (QED) is 0.586. The van der Waals surface area contributed by atoms with Crippen molar-refractivity contribution in [3.63, 3.8) is 0 Å². The van der Waals surface area contributed by atoms with Crippen molar-refractivity contribution >= 4 is 17.5 Å². The molecule has 0 saturated heterocycles. The minimum atomic E-state index is -4.64. The molecular formula is C21H18ClF3N6O. The lowest BCUT2D eigenvalue weighted by Gasteiger charge is -2.15. The molecule has 7 nitrogen and oxygen atoms in total. The van der Waals surface area contributed by atoms with Crippen molar-refractivity contribution in [1.82, 2.24) is 25.1 Å². The number of hydrogen-bond donors (Lipinski definition) is 1. The number of pyridine rings is 1. The molecule has 32 heavy (non-hydrogen) atoms. The Kier molecular flexibility index (Phi) is 6.50. The average molecular weight is 463 g/mol. The van der Waals surface area contributed by atoms with E-state index in [0.717, 1.165) is 18.2 Å². The van der Waals surface area contributed by atoms with Crippen LogP contribution in [-0.4, -0.2) is 25.7 Å². The van der Waals surface area contributed by atoms with Gasteiger partial charge in [0, 0.05) is 22.7 Å². The average Bonchev–Trinajstić information content (AvgIpc) is 3.18. The molecule has 0 aliphatic heterocycles. The van der Waals surface area contributed by atoms with E-state index in [2.05, 4.69) is 20.4 Å². The van der Waals surface area contributed by atoms with Gasteiger partial charge in [0.25, 0.3) is 5.91 Å². The summed E-state index contributed by atoms with van der Waals surface area (Å²) in [4.78, 5) is 21.4. The maximum atomic E-state index is 13.1. The van der Waals surface area contributed by atoms with Gasteiger partial charge in [0.15, 0.2) is 17.5 Å². The molecule has 2 heterocycles. The van der Waals surface area contributed by atoms with Crippen LogP contribution >= 0.6 is 11.6 Å². The van der Waals surface area contributed by atoms with Crippen LogP contribution in [0.1, 0.15) is 65.9 Å². The van der Waals surface area contributed by atoms with Crippen LogP contribution < -0.4 is 5.32 Å². The van der Waals surface area contributed by atoms with Gasteiger partial charge in [0.05, 0.1) is 17.2 Å². The zero-order valence-corrected chi connectivity index (χ0v) is 18.0. The number of nitrogens with zero attached hydrogens (tertiary/aromatic N) is 5. The molecule has 0 unspecified atom stereocenters. The SMILES string of the molecule is CC(C)c1nc([C@H](C)NC(=O)c2cc(Cl)cc(C(F)(F)F)c2)n(-c2ccc(C#N)cn2)n1. The van der Waals surface area contributed by atoms with E-state index in [4.69, 9.17) is 16.9 Å². The van der Waals surface area contributed by atoms with Gasteiger partial charge in [-0.3, -0.25) is 4.79 Å². The second kappa shape index (κ2) is 8.96. The first-order chi connectivity index (χ1) is 15.0. The molecule has 3 rings (SSSR count). The van der Waals surface area contributed by atoms with Gasteiger partial charge < -0.3 is 5.32 Å². The summed E-state index contributed by atoms with van der Waals surface area (Å²) in [5.41, 5.74) is -0.888. The first-order valence-electron chi connectivity index (χ1n) is 9.51. The summed E-state index contributed by atoms with van der Waals surface area (Å²) in [6.45, 7) is 5.41. The number of carbonyl (C=O) groups excluding carboxylic acids is 1. The lowest BCUT2D eigenvalue weighted by atomic mass is 10.1. The van der Waals surface area contributed by atoms with Crippen molar-refractivity contribution in [3.8, 4) is 11.9 Å². The maximum absolute atomic E-state index is 13.1. The van der Waals surface area contributed by atoms with Crippen LogP contribution in [0.15, 0.2) is 36.5 Å². The summed E-state index contributed by atoms with van der Waals surface area (Å²) in [5, 5.41) is 15.8. The van der Waals surface area contributed by atoms with Gasteiger partial charge in [-0.1, -0.05) is 25.4 Å². The Bertz CT molecular complexity index is 1180. The van der Waals surface area contributed by atoms with Crippen molar-refractivity contribution in [2.24, 2.45) is 0 Å². The third-order valence-electron chi connectivity index (χ3n) is 4.48. The molecule has 166 valence electrons. The standard InChI is InChI=1S/C21H18ClF3N6O/c1-11(2)18-29-19(31(30-18)17-5-4-13(9-26)10-27-17)12(3)28-20(32)14-6-15(21(23,24)25)8-16(22)7-14/h4-8,10-12H,1-3H3,(H,28,32)/t12-/m0/s1. The van der Waals surface area contributed by atoms with Gasteiger partial charge in [0.2, 0.25) is 0 Å². The van der Waals surface area contributed by atoms with E-state index in [9.17, 15) is 18.0 Å². The summed E-state index contributed by atoms with van der Waals surface area (Å²) in [7, 11) is 0. The Morgan fingerprint density at radius 3 is 2.50 bits per heavy atom. The molecule has 1 N–H and O–H groups in total. The van der Waals surface area contributed by atoms with Crippen molar-refractivity contribution in [2.45, 2.75) is 38.9 Å². The van der Waals surface area contributed by atoms with E-state index in [1.165, 1.54) is 10.9 Å². The van der Waals surface area contributed by atoms with Gasteiger partial charge >= 0.3 is 6.18 Å². The number of amides is 1. The molecule has 0 fully saturated rings. The lowest BCUT2D eigenvalue weighted by Crippen LogP contribution is -2.29. The van der Waals surface area contributed by atoms with Crippen molar-refractivity contribution in [1.29, 1.82) is 5.26 Å².